The van der Waals surface area contributed by atoms with Gasteiger partial charge in [0.15, 0.2) is 0 Å². The normalized spacial score (nSPS) is 11.9. The van der Waals surface area contributed by atoms with Crippen LogP contribution in [0.4, 0.5) is 0 Å². The number of hydrogen-bond acceptors (Lipinski definition) is 5. The number of hydrogen-bond donors (Lipinski definition) is 2. The number of carbonyl (C=O) groups is 1. The molecule has 2 aromatic carbocycles. The lowest BCUT2D eigenvalue weighted by atomic mass is 10.1. The van der Waals surface area contributed by atoms with Crippen molar-refractivity contribution in [2.45, 2.75) is 12.5 Å². The Morgan fingerprint density at radius 3 is 2.40 bits per heavy atom. The Balaban J connectivity index is 1.76. The van der Waals surface area contributed by atoms with E-state index in [1.54, 1.807) is 18.4 Å². The molecule has 1 heterocycles. The van der Waals surface area contributed by atoms with Gasteiger partial charge in [-0.05, 0) is 41.8 Å². The first-order valence-corrected chi connectivity index (χ1v) is 8.56. The number of benzene rings is 2. The zero-order chi connectivity index (χ0) is 17.8. The third kappa shape index (κ3) is 4.04. The first-order valence-electron chi connectivity index (χ1n) is 7.75. The van der Waals surface area contributed by atoms with E-state index in [2.05, 4.69) is 4.98 Å². The molecule has 0 radical (unpaired) electrons. The summed E-state index contributed by atoms with van der Waals surface area (Å²) < 4.78 is 5.18. The van der Waals surface area contributed by atoms with E-state index < -0.39 is 12.0 Å². The van der Waals surface area contributed by atoms with Crippen LogP contribution in [0.5, 0.6) is 5.75 Å². The van der Waals surface area contributed by atoms with Crippen molar-refractivity contribution in [3.63, 3.8) is 0 Å². The first-order chi connectivity index (χ1) is 12.1. The quantitative estimate of drug-likeness (QED) is 0.708. The standard InChI is InChI=1S/C19H18N2O3S/c1-24-15-8-6-13(7-9-15)17-11-21-18(25-17)14-4-2-12(3-5-14)10-16(20)19(22)23/h2-9,11,16H,10,20H2,1H3,(H,22,23)/t16-/m0/s1. The fourth-order valence-electron chi connectivity index (χ4n) is 2.42. The van der Waals surface area contributed by atoms with Crippen LogP contribution >= 0.6 is 11.3 Å². The van der Waals surface area contributed by atoms with E-state index in [4.69, 9.17) is 15.6 Å². The van der Waals surface area contributed by atoms with Crippen LogP contribution in [0.2, 0.25) is 0 Å². The molecule has 0 aliphatic rings. The monoisotopic (exact) mass is 354 g/mol. The number of aliphatic carboxylic acids is 1. The van der Waals surface area contributed by atoms with Gasteiger partial charge in [-0.3, -0.25) is 4.79 Å². The molecule has 3 aromatic rings. The van der Waals surface area contributed by atoms with Crippen LogP contribution in [-0.2, 0) is 11.2 Å². The molecule has 3 N–H and O–H groups in total. The molecule has 3 rings (SSSR count). The zero-order valence-electron chi connectivity index (χ0n) is 13.7. The molecule has 0 aliphatic carbocycles. The van der Waals surface area contributed by atoms with E-state index in [0.29, 0.717) is 6.42 Å². The molecule has 128 valence electrons. The van der Waals surface area contributed by atoms with Gasteiger partial charge in [-0.25, -0.2) is 4.98 Å². The van der Waals surface area contributed by atoms with E-state index in [1.165, 1.54) is 0 Å². The third-order valence-electron chi connectivity index (χ3n) is 3.85. The van der Waals surface area contributed by atoms with Gasteiger partial charge in [0.1, 0.15) is 16.8 Å². The minimum Gasteiger partial charge on any atom is -0.497 e. The molecule has 5 nitrogen and oxygen atoms in total. The summed E-state index contributed by atoms with van der Waals surface area (Å²) in [5, 5.41) is 9.80. The van der Waals surface area contributed by atoms with Crippen LogP contribution in [0.3, 0.4) is 0 Å². The van der Waals surface area contributed by atoms with Gasteiger partial charge in [0.2, 0.25) is 0 Å². The number of methoxy groups -OCH3 is 1. The average Bonchev–Trinajstić information content (AvgIpc) is 3.12. The fourth-order valence-corrected chi connectivity index (χ4v) is 3.35. The second-order valence-electron chi connectivity index (χ2n) is 5.60. The van der Waals surface area contributed by atoms with Gasteiger partial charge in [-0.2, -0.15) is 0 Å². The predicted molar refractivity (Wildman–Crippen MR) is 98.9 cm³/mol. The largest absolute Gasteiger partial charge is 0.497 e. The van der Waals surface area contributed by atoms with Crippen LogP contribution in [0.1, 0.15) is 5.56 Å². The Morgan fingerprint density at radius 1 is 1.16 bits per heavy atom. The molecule has 0 fully saturated rings. The van der Waals surface area contributed by atoms with Crippen LogP contribution < -0.4 is 10.5 Å². The number of nitrogens with two attached hydrogens (primary N) is 1. The van der Waals surface area contributed by atoms with Gasteiger partial charge in [-0.1, -0.05) is 24.3 Å². The molecule has 0 aliphatic heterocycles. The smallest absolute Gasteiger partial charge is 0.320 e. The van der Waals surface area contributed by atoms with Crippen LogP contribution in [0.25, 0.3) is 21.0 Å². The lowest BCUT2D eigenvalue weighted by Gasteiger charge is -2.06. The van der Waals surface area contributed by atoms with E-state index in [-0.39, 0.29) is 0 Å². The lowest BCUT2D eigenvalue weighted by molar-refractivity contribution is -0.138. The molecule has 0 spiro atoms. The van der Waals surface area contributed by atoms with Crippen LogP contribution in [0.15, 0.2) is 54.7 Å². The van der Waals surface area contributed by atoms with Gasteiger partial charge < -0.3 is 15.6 Å². The molecule has 1 atom stereocenters. The summed E-state index contributed by atoms with van der Waals surface area (Å²) >= 11 is 1.61. The molecular formula is C19H18N2O3S. The van der Waals surface area contributed by atoms with E-state index >= 15 is 0 Å². The molecule has 6 heteroatoms. The summed E-state index contributed by atoms with van der Waals surface area (Å²) in [6.07, 6.45) is 2.17. The lowest BCUT2D eigenvalue weighted by Crippen LogP contribution is -2.32. The minimum absolute atomic E-state index is 0.310. The summed E-state index contributed by atoms with van der Waals surface area (Å²) in [7, 11) is 1.65. The zero-order valence-corrected chi connectivity index (χ0v) is 14.5. The van der Waals surface area contributed by atoms with Crippen LogP contribution in [0, 0.1) is 0 Å². The van der Waals surface area contributed by atoms with Crippen molar-refractivity contribution in [3.05, 3.63) is 60.3 Å². The van der Waals surface area contributed by atoms with Gasteiger partial charge in [0.05, 0.1) is 12.0 Å². The Labute approximate surface area is 149 Å². The highest BCUT2D eigenvalue weighted by molar-refractivity contribution is 7.18. The SMILES string of the molecule is COc1ccc(-c2cnc(-c3ccc(C[C@H](N)C(=O)O)cc3)s2)cc1. The second kappa shape index (κ2) is 7.46. The van der Waals surface area contributed by atoms with Gasteiger partial charge in [0, 0.05) is 11.8 Å². The molecule has 25 heavy (non-hydrogen) atoms. The molecule has 0 saturated carbocycles. The van der Waals surface area contributed by atoms with Crippen molar-refractivity contribution in [1.29, 1.82) is 0 Å². The number of aromatic nitrogens is 1. The summed E-state index contributed by atoms with van der Waals surface area (Å²) in [6, 6.07) is 14.7. The van der Waals surface area contributed by atoms with Crippen molar-refractivity contribution in [1.82, 2.24) is 4.98 Å². The highest BCUT2D eigenvalue weighted by atomic mass is 32.1. The predicted octanol–water partition coefficient (Wildman–Crippen LogP) is 3.44. The van der Waals surface area contributed by atoms with Gasteiger partial charge in [-0.15, -0.1) is 11.3 Å². The topological polar surface area (TPSA) is 85.4 Å². The van der Waals surface area contributed by atoms with Gasteiger partial charge >= 0.3 is 5.97 Å². The molecule has 0 unspecified atom stereocenters. The van der Waals surface area contributed by atoms with Crippen molar-refractivity contribution in [2.75, 3.05) is 7.11 Å². The number of carboxylic acid groups (broad SMARTS) is 1. The molecule has 0 saturated heterocycles. The Morgan fingerprint density at radius 2 is 1.80 bits per heavy atom. The van der Waals surface area contributed by atoms with Crippen molar-refractivity contribution in [3.8, 4) is 26.8 Å². The maximum absolute atomic E-state index is 10.8. The maximum atomic E-state index is 10.8. The molecule has 0 amide bonds. The molecular weight excluding hydrogens is 336 g/mol. The van der Waals surface area contributed by atoms with E-state index in [1.807, 2.05) is 54.7 Å². The highest BCUT2D eigenvalue weighted by Crippen LogP contribution is 2.32. The van der Waals surface area contributed by atoms with Crippen LogP contribution in [-0.4, -0.2) is 29.2 Å². The Kier molecular flexibility index (Phi) is 5.11. The molecule has 1 aromatic heterocycles. The second-order valence-corrected chi connectivity index (χ2v) is 6.63. The molecule has 0 bridgehead atoms. The first kappa shape index (κ1) is 17.1. The average molecular weight is 354 g/mol. The van der Waals surface area contributed by atoms with Crippen molar-refractivity contribution < 1.29 is 14.6 Å². The third-order valence-corrected chi connectivity index (χ3v) is 4.95. The number of thiazole rings is 1. The number of nitrogens with zero attached hydrogens (tertiary/aromatic N) is 1. The fraction of sp³-hybridized carbons (Fsp3) is 0.158. The van der Waals surface area contributed by atoms with Crippen molar-refractivity contribution >= 4 is 17.3 Å². The summed E-state index contributed by atoms with van der Waals surface area (Å²) in [5.41, 5.74) is 8.55. The highest BCUT2D eigenvalue weighted by Gasteiger charge is 2.12. The van der Waals surface area contributed by atoms with Gasteiger partial charge in [0.25, 0.3) is 0 Å². The van der Waals surface area contributed by atoms with E-state index in [9.17, 15) is 4.79 Å². The maximum Gasteiger partial charge on any atom is 0.320 e. The number of carboxylic acids is 1. The van der Waals surface area contributed by atoms with E-state index in [0.717, 1.165) is 32.3 Å². The summed E-state index contributed by atoms with van der Waals surface area (Å²) in [6.45, 7) is 0. The number of rotatable bonds is 6. The number of ether oxygens (including phenoxy) is 1. The van der Waals surface area contributed by atoms with Crippen molar-refractivity contribution in [2.24, 2.45) is 5.73 Å². The summed E-state index contributed by atoms with van der Waals surface area (Å²) in [5.74, 6) is -0.170. The summed E-state index contributed by atoms with van der Waals surface area (Å²) in [4.78, 5) is 16.4. The Hall–Kier alpha value is -2.70. The Bertz CT molecular complexity index is 857. The minimum atomic E-state index is -0.992.